The van der Waals surface area contributed by atoms with Crippen molar-refractivity contribution >= 4 is 17.3 Å². The summed E-state index contributed by atoms with van der Waals surface area (Å²) in [5.41, 5.74) is 6.33. The minimum Gasteiger partial charge on any atom is -0.486 e. The molecule has 1 aliphatic rings. The van der Waals surface area contributed by atoms with Gasteiger partial charge in [-0.05, 0) is 36.4 Å². The van der Waals surface area contributed by atoms with Gasteiger partial charge in [-0.15, -0.1) is 0 Å². The molecule has 5 nitrogen and oxygen atoms in total. The van der Waals surface area contributed by atoms with Crippen molar-refractivity contribution in [1.82, 2.24) is 0 Å². The zero-order valence-electron chi connectivity index (χ0n) is 11.1. The number of anilines is 2. The zero-order valence-corrected chi connectivity index (χ0v) is 11.1. The molecule has 2 aromatic rings. The Balaban J connectivity index is 1.83. The molecule has 1 aliphatic heterocycles. The second-order valence-corrected chi connectivity index (χ2v) is 4.55. The number of hydrogen-bond donors (Lipinski definition) is 2. The summed E-state index contributed by atoms with van der Waals surface area (Å²) in [6.45, 7) is 0.912. The van der Waals surface area contributed by atoms with Crippen LogP contribution in [-0.2, 0) is 0 Å². The third kappa shape index (κ3) is 2.74. The Bertz CT molecular complexity index is 703. The molecule has 0 atom stereocenters. The fourth-order valence-electron chi connectivity index (χ4n) is 2.02. The molecule has 0 aromatic heterocycles. The number of ether oxygens (including phenoxy) is 2. The fraction of sp³-hybridized carbons (Fsp3) is 0.133. The molecule has 6 heteroatoms. The fourth-order valence-corrected chi connectivity index (χ4v) is 2.02. The van der Waals surface area contributed by atoms with E-state index in [1.807, 2.05) is 0 Å². The van der Waals surface area contributed by atoms with E-state index in [0.717, 1.165) is 0 Å². The number of carbonyl (C=O) groups excluding carboxylic acids is 1. The Hall–Kier alpha value is -2.76. The first-order chi connectivity index (χ1) is 10.1. The van der Waals surface area contributed by atoms with E-state index in [1.165, 1.54) is 18.2 Å². The highest BCUT2D eigenvalue weighted by atomic mass is 19.1. The van der Waals surface area contributed by atoms with Gasteiger partial charge in [0.25, 0.3) is 5.91 Å². The number of fused-ring (bicyclic) bond motifs is 1. The van der Waals surface area contributed by atoms with Crippen LogP contribution in [0.25, 0.3) is 0 Å². The van der Waals surface area contributed by atoms with E-state index in [4.69, 9.17) is 15.2 Å². The molecule has 0 saturated heterocycles. The molecule has 0 aliphatic carbocycles. The van der Waals surface area contributed by atoms with Crippen molar-refractivity contribution in [3.63, 3.8) is 0 Å². The third-order valence-electron chi connectivity index (χ3n) is 3.04. The SMILES string of the molecule is Nc1ccc(F)c(NC(=O)c2ccc3c(c2)OCCO3)c1. The van der Waals surface area contributed by atoms with Gasteiger partial charge in [0.2, 0.25) is 0 Å². The number of nitrogens with one attached hydrogen (secondary N) is 1. The Kier molecular flexibility index (Phi) is 3.35. The molecule has 0 saturated carbocycles. The molecule has 1 heterocycles. The zero-order chi connectivity index (χ0) is 14.8. The van der Waals surface area contributed by atoms with Crippen LogP contribution in [0.5, 0.6) is 11.5 Å². The van der Waals surface area contributed by atoms with Crippen LogP contribution in [-0.4, -0.2) is 19.1 Å². The summed E-state index contributed by atoms with van der Waals surface area (Å²) < 4.78 is 24.4. The van der Waals surface area contributed by atoms with E-state index in [1.54, 1.807) is 18.2 Å². The molecule has 3 rings (SSSR count). The number of nitrogens with two attached hydrogens (primary N) is 1. The van der Waals surface area contributed by atoms with Gasteiger partial charge in [0, 0.05) is 11.3 Å². The van der Waals surface area contributed by atoms with Gasteiger partial charge < -0.3 is 20.5 Å². The maximum Gasteiger partial charge on any atom is 0.255 e. The molecular weight excluding hydrogens is 275 g/mol. The van der Waals surface area contributed by atoms with Crippen molar-refractivity contribution in [2.45, 2.75) is 0 Å². The molecule has 108 valence electrons. The normalized spacial score (nSPS) is 12.8. The van der Waals surface area contributed by atoms with Crippen LogP contribution in [0.1, 0.15) is 10.4 Å². The van der Waals surface area contributed by atoms with Gasteiger partial charge in [-0.3, -0.25) is 4.79 Å². The predicted octanol–water partition coefficient (Wildman–Crippen LogP) is 2.43. The first kappa shape index (κ1) is 13.2. The van der Waals surface area contributed by atoms with E-state index in [9.17, 15) is 9.18 Å². The number of amides is 1. The van der Waals surface area contributed by atoms with Crippen LogP contribution in [0.2, 0.25) is 0 Å². The number of hydrogen-bond acceptors (Lipinski definition) is 4. The van der Waals surface area contributed by atoms with Crippen LogP contribution in [0, 0.1) is 5.82 Å². The van der Waals surface area contributed by atoms with Crippen molar-refractivity contribution < 1.29 is 18.7 Å². The molecule has 0 unspecified atom stereocenters. The smallest absolute Gasteiger partial charge is 0.255 e. The topological polar surface area (TPSA) is 73.6 Å². The van der Waals surface area contributed by atoms with E-state index in [-0.39, 0.29) is 5.69 Å². The summed E-state index contributed by atoms with van der Waals surface area (Å²) in [4.78, 5) is 12.1. The first-order valence-corrected chi connectivity index (χ1v) is 6.39. The summed E-state index contributed by atoms with van der Waals surface area (Å²) in [7, 11) is 0. The first-order valence-electron chi connectivity index (χ1n) is 6.39. The van der Waals surface area contributed by atoms with Crippen LogP contribution >= 0.6 is 0 Å². The van der Waals surface area contributed by atoms with Gasteiger partial charge in [-0.25, -0.2) is 4.39 Å². The lowest BCUT2D eigenvalue weighted by atomic mass is 10.1. The summed E-state index contributed by atoms with van der Waals surface area (Å²) in [5.74, 6) is 0.0986. The molecular formula is C15H13FN2O3. The summed E-state index contributed by atoms with van der Waals surface area (Å²) >= 11 is 0. The maximum atomic E-state index is 13.6. The number of nitrogen functional groups attached to an aromatic ring is 1. The second-order valence-electron chi connectivity index (χ2n) is 4.55. The van der Waals surface area contributed by atoms with Crippen molar-refractivity contribution in [3.05, 3.63) is 47.8 Å². The molecule has 21 heavy (non-hydrogen) atoms. The van der Waals surface area contributed by atoms with Crippen molar-refractivity contribution in [1.29, 1.82) is 0 Å². The van der Waals surface area contributed by atoms with Gasteiger partial charge in [0.1, 0.15) is 19.0 Å². The van der Waals surface area contributed by atoms with E-state index in [0.29, 0.717) is 36.0 Å². The highest BCUT2D eigenvalue weighted by Crippen LogP contribution is 2.31. The minimum atomic E-state index is -0.546. The van der Waals surface area contributed by atoms with Crippen LogP contribution in [0.3, 0.4) is 0 Å². The Morgan fingerprint density at radius 2 is 1.86 bits per heavy atom. The lowest BCUT2D eigenvalue weighted by Gasteiger charge is -2.18. The van der Waals surface area contributed by atoms with Gasteiger partial charge in [-0.2, -0.15) is 0 Å². The quantitative estimate of drug-likeness (QED) is 0.832. The van der Waals surface area contributed by atoms with Gasteiger partial charge in [0.05, 0.1) is 5.69 Å². The molecule has 0 bridgehead atoms. The number of benzene rings is 2. The van der Waals surface area contributed by atoms with Crippen LogP contribution in [0.4, 0.5) is 15.8 Å². The lowest BCUT2D eigenvalue weighted by molar-refractivity contribution is 0.102. The number of carbonyl (C=O) groups is 1. The molecule has 2 aromatic carbocycles. The summed E-state index contributed by atoms with van der Waals surface area (Å²) in [6.07, 6.45) is 0. The Morgan fingerprint density at radius 1 is 1.10 bits per heavy atom. The maximum absolute atomic E-state index is 13.6. The van der Waals surface area contributed by atoms with Gasteiger partial charge >= 0.3 is 0 Å². The second kappa shape index (κ2) is 5.32. The van der Waals surface area contributed by atoms with Crippen LogP contribution in [0.15, 0.2) is 36.4 Å². The number of halogens is 1. The van der Waals surface area contributed by atoms with Gasteiger partial charge in [0.15, 0.2) is 11.5 Å². The minimum absolute atomic E-state index is 0.0369. The van der Waals surface area contributed by atoms with Crippen molar-refractivity contribution in [2.75, 3.05) is 24.3 Å². The predicted molar refractivity (Wildman–Crippen MR) is 76.2 cm³/mol. The van der Waals surface area contributed by atoms with Crippen molar-refractivity contribution in [3.8, 4) is 11.5 Å². The molecule has 0 fully saturated rings. The lowest BCUT2D eigenvalue weighted by Crippen LogP contribution is -2.17. The van der Waals surface area contributed by atoms with Gasteiger partial charge in [-0.1, -0.05) is 0 Å². The monoisotopic (exact) mass is 288 g/mol. The number of rotatable bonds is 2. The average Bonchev–Trinajstić information content (AvgIpc) is 2.50. The Labute approximate surface area is 120 Å². The largest absolute Gasteiger partial charge is 0.486 e. The molecule has 0 radical (unpaired) electrons. The van der Waals surface area contributed by atoms with Crippen molar-refractivity contribution in [2.24, 2.45) is 0 Å². The van der Waals surface area contributed by atoms with E-state index < -0.39 is 11.7 Å². The standard InChI is InChI=1S/C15H13FN2O3/c16-11-3-2-10(17)8-12(11)18-15(19)9-1-4-13-14(7-9)21-6-5-20-13/h1-4,7-8H,5-6,17H2,(H,18,19). The highest BCUT2D eigenvalue weighted by Gasteiger charge is 2.16. The average molecular weight is 288 g/mol. The summed E-state index contributed by atoms with van der Waals surface area (Å²) in [5, 5.41) is 2.48. The molecule has 1 amide bonds. The Morgan fingerprint density at radius 3 is 2.67 bits per heavy atom. The highest BCUT2D eigenvalue weighted by molar-refractivity contribution is 6.04. The molecule has 3 N–H and O–H groups in total. The molecule has 0 spiro atoms. The van der Waals surface area contributed by atoms with E-state index >= 15 is 0 Å². The van der Waals surface area contributed by atoms with E-state index in [2.05, 4.69) is 5.32 Å². The third-order valence-corrected chi connectivity index (χ3v) is 3.04. The van der Waals surface area contributed by atoms with Crippen LogP contribution < -0.4 is 20.5 Å². The summed E-state index contributed by atoms with van der Waals surface area (Å²) in [6, 6.07) is 8.80.